The fourth-order valence-corrected chi connectivity index (χ4v) is 13.4. The van der Waals surface area contributed by atoms with E-state index in [0.717, 1.165) is 98.8 Å². The number of benzene rings is 6. The molecule has 4 aliphatic heterocycles. The number of esters is 1. The molecule has 7 heteroatoms. The van der Waals surface area contributed by atoms with Gasteiger partial charge >= 0.3 is 11.9 Å². The van der Waals surface area contributed by atoms with Crippen LogP contribution >= 0.6 is 0 Å². The van der Waals surface area contributed by atoms with Gasteiger partial charge in [-0.1, -0.05) is 76.2 Å². The number of fused-ring (bicyclic) bond motifs is 12. The Morgan fingerprint density at radius 1 is 0.559 bits per heavy atom. The Balaban J connectivity index is 0.000000141. The van der Waals surface area contributed by atoms with Crippen molar-refractivity contribution in [2.24, 2.45) is 0 Å². The van der Waals surface area contributed by atoms with Crippen LogP contribution in [0.3, 0.4) is 0 Å². The lowest BCUT2D eigenvalue weighted by Gasteiger charge is -2.47. The van der Waals surface area contributed by atoms with Gasteiger partial charge < -0.3 is 19.6 Å². The van der Waals surface area contributed by atoms with Gasteiger partial charge in [0.2, 0.25) is 5.36 Å². The zero-order chi connectivity index (χ0) is 46.9. The molecule has 13 rings (SSSR count). The van der Waals surface area contributed by atoms with Gasteiger partial charge in [0.05, 0.1) is 11.1 Å². The molecule has 344 valence electrons. The molecule has 68 heavy (non-hydrogen) atoms. The van der Waals surface area contributed by atoms with Crippen LogP contribution in [0, 0.1) is 0 Å². The van der Waals surface area contributed by atoms with Crippen molar-refractivity contribution in [3.8, 4) is 0 Å². The van der Waals surface area contributed by atoms with E-state index in [4.69, 9.17) is 4.74 Å². The number of carbonyl (C=O) groups is 2. The minimum Gasteiger partial charge on any atom is -0.478 e. The average Bonchev–Trinajstić information content (AvgIpc) is 3.65. The zero-order valence-electron chi connectivity index (χ0n) is 40.5. The third-order valence-corrected chi connectivity index (χ3v) is 17.0. The van der Waals surface area contributed by atoms with Crippen LogP contribution in [0.15, 0.2) is 97.1 Å². The predicted octanol–water partition coefficient (Wildman–Crippen LogP) is 8.35. The number of aryl methyl sites for hydroxylation is 5. The molecule has 0 aromatic heterocycles. The molecule has 0 bridgehead atoms. The molecule has 7 aliphatic rings. The largest absolute Gasteiger partial charge is 0.478 e. The first-order valence-electron chi connectivity index (χ1n) is 25.2. The van der Waals surface area contributed by atoms with Gasteiger partial charge in [0.1, 0.15) is 6.54 Å². The number of ether oxygens (including phenoxy) is 1. The van der Waals surface area contributed by atoms with Crippen LogP contribution < -0.4 is 25.4 Å². The van der Waals surface area contributed by atoms with Gasteiger partial charge in [-0.25, -0.2) is 14.6 Å². The molecule has 0 saturated carbocycles. The Hall–Kier alpha value is -6.47. The monoisotopic (exact) mass is 900 g/mol. The predicted molar refractivity (Wildman–Crippen MR) is 269 cm³/mol. The molecule has 0 amide bonds. The van der Waals surface area contributed by atoms with Crippen LogP contribution in [0.5, 0.6) is 0 Å². The number of carboxylic acids is 1. The number of nitrogens with one attached hydrogen (secondary N) is 1. The lowest BCUT2D eigenvalue weighted by atomic mass is 9.60. The highest BCUT2D eigenvalue weighted by Gasteiger charge is 2.56. The van der Waals surface area contributed by atoms with Crippen LogP contribution in [0.2, 0.25) is 0 Å². The number of rotatable bonds is 2. The van der Waals surface area contributed by atoms with Gasteiger partial charge in [-0.3, -0.25) is 0 Å². The van der Waals surface area contributed by atoms with Gasteiger partial charge in [0.25, 0.3) is 0 Å². The summed E-state index contributed by atoms with van der Waals surface area (Å²) < 4.78 is 6.58. The summed E-state index contributed by atoms with van der Waals surface area (Å²) in [6, 6.07) is 34.6. The van der Waals surface area contributed by atoms with Crippen molar-refractivity contribution < 1.29 is 24.4 Å². The summed E-state index contributed by atoms with van der Waals surface area (Å²) in [5.41, 5.74) is 20.9. The van der Waals surface area contributed by atoms with Gasteiger partial charge in [-0.05, 0) is 167 Å². The lowest BCUT2D eigenvalue weighted by molar-refractivity contribution is -0.505. The SMILES string of the molecule is CC1(C)c2cc3c(cc2C(c2ccccc2C(=O)O)=c2cc4c(cc21)=[NH+]CCC4)CCCC3.CN1CCCc2cc3c(cc21)C(C)(C)c1cc2c(cc1C31OC(=O)c3ccccc31)CCCN2C. The number of aromatic carboxylic acids is 1. The van der Waals surface area contributed by atoms with E-state index in [1.54, 1.807) is 6.07 Å². The third kappa shape index (κ3) is 6.26. The molecular formula is C61H62N3O4+. The minimum absolute atomic E-state index is 0.160. The quantitative estimate of drug-likeness (QED) is 0.170. The molecule has 0 saturated heterocycles. The van der Waals surface area contributed by atoms with Crippen molar-refractivity contribution in [2.45, 2.75) is 108 Å². The van der Waals surface area contributed by atoms with Crippen molar-refractivity contribution in [1.82, 2.24) is 0 Å². The molecular weight excluding hydrogens is 839 g/mol. The van der Waals surface area contributed by atoms with E-state index in [0.29, 0.717) is 11.1 Å². The molecule has 0 fully saturated rings. The van der Waals surface area contributed by atoms with Gasteiger partial charge in [-0.2, -0.15) is 0 Å². The minimum atomic E-state index is -0.899. The van der Waals surface area contributed by atoms with E-state index in [2.05, 4.69) is 111 Å². The van der Waals surface area contributed by atoms with E-state index in [1.165, 1.54) is 90.4 Å². The highest BCUT2D eigenvalue weighted by atomic mass is 16.6. The number of anilines is 2. The molecule has 0 unspecified atom stereocenters. The second kappa shape index (κ2) is 15.5. The molecule has 4 heterocycles. The number of hydrogen-bond donors (Lipinski definition) is 2. The standard InChI is InChI=1S/C31H32N2O2.C30H29NO2/c1-30(2)23-17-27-19(9-7-13-32(27)3)15-25(23)31(22-12-6-5-11-21(22)29(34)35-31)26-16-20-10-8-14-33(4)28(20)18-24(26)30;1-30(2)25-16-19-9-4-3-8-18(19)14-23(25)28(21-11-5-6-12-22(21)29(32)33)24-15-20-10-7-13-31-27(20)17-26(24)30/h5-6,11-12,15-18H,7-10,13-14H2,1-4H3;5-6,11-12,14-17H,3-4,7-10,13H2,1-2H3,(H,32,33)/p+1. The van der Waals surface area contributed by atoms with Crippen molar-refractivity contribution in [1.29, 1.82) is 0 Å². The van der Waals surface area contributed by atoms with E-state index in [9.17, 15) is 14.7 Å². The van der Waals surface area contributed by atoms with Crippen molar-refractivity contribution in [3.05, 3.63) is 197 Å². The first kappa shape index (κ1) is 42.9. The fourth-order valence-electron chi connectivity index (χ4n) is 13.4. The molecule has 6 aromatic rings. The van der Waals surface area contributed by atoms with E-state index in [1.807, 2.05) is 36.4 Å². The number of hydrogen-bond acceptors (Lipinski definition) is 5. The van der Waals surface area contributed by atoms with Gasteiger partial charge in [0, 0.05) is 84.1 Å². The molecule has 0 radical (unpaired) electrons. The Labute approximate surface area is 400 Å². The number of carbonyl (C=O) groups excluding carboxylic acids is 1. The van der Waals surface area contributed by atoms with Crippen LogP contribution in [0.4, 0.5) is 11.4 Å². The molecule has 7 nitrogen and oxygen atoms in total. The second-order valence-corrected chi connectivity index (χ2v) is 21.7. The van der Waals surface area contributed by atoms with Crippen LogP contribution in [-0.4, -0.2) is 50.8 Å². The Morgan fingerprint density at radius 3 is 1.78 bits per heavy atom. The fraction of sp³-hybridized carbons (Fsp3) is 0.361. The second-order valence-electron chi connectivity index (χ2n) is 21.7. The maximum absolute atomic E-state index is 13.4. The lowest BCUT2D eigenvalue weighted by Crippen LogP contribution is -2.79. The Kier molecular flexibility index (Phi) is 9.79. The summed E-state index contributed by atoms with van der Waals surface area (Å²) in [4.78, 5) is 34.0. The molecule has 3 aliphatic carbocycles. The van der Waals surface area contributed by atoms with Crippen LogP contribution in [0.1, 0.15) is 158 Å². The Morgan fingerprint density at radius 2 is 1.12 bits per heavy atom. The summed E-state index contributed by atoms with van der Waals surface area (Å²) in [5, 5.41) is 12.5. The van der Waals surface area contributed by atoms with E-state index >= 15 is 0 Å². The molecule has 0 atom stereocenters. The zero-order valence-corrected chi connectivity index (χ0v) is 40.5. The normalized spacial score (nSPS) is 19.2. The van der Waals surface area contributed by atoms with Crippen molar-refractivity contribution in [3.63, 3.8) is 0 Å². The average molecular weight is 901 g/mol. The summed E-state index contributed by atoms with van der Waals surface area (Å²) in [5.74, 6) is -1.09. The van der Waals surface area contributed by atoms with Gasteiger partial charge in [0.15, 0.2) is 5.60 Å². The highest BCUT2D eigenvalue weighted by Crippen LogP contribution is 2.59. The summed E-state index contributed by atoms with van der Waals surface area (Å²) in [7, 11) is 4.39. The first-order chi connectivity index (χ1) is 32.8. The topological polar surface area (TPSA) is 84.0 Å². The third-order valence-electron chi connectivity index (χ3n) is 17.0. The molecule has 1 spiro atoms. The van der Waals surface area contributed by atoms with Crippen molar-refractivity contribution >= 4 is 28.9 Å². The van der Waals surface area contributed by atoms with E-state index < -0.39 is 11.6 Å². The van der Waals surface area contributed by atoms with Gasteiger partial charge in [-0.15, -0.1) is 0 Å². The smallest absolute Gasteiger partial charge is 0.340 e. The molecule has 6 aromatic carbocycles. The van der Waals surface area contributed by atoms with Crippen LogP contribution in [-0.2, 0) is 53.3 Å². The highest BCUT2D eigenvalue weighted by molar-refractivity contribution is 5.99. The maximum Gasteiger partial charge on any atom is 0.340 e. The maximum atomic E-state index is 13.4. The van der Waals surface area contributed by atoms with Crippen LogP contribution in [0.25, 0.3) is 5.57 Å². The number of nitrogens with zero attached hydrogens (tertiary/aromatic N) is 2. The number of carboxylic acid groups (broad SMARTS) is 1. The first-order valence-corrected chi connectivity index (χ1v) is 25.2. The summed E-state index contributed by atoms with van der Waals surface area (Å²) >= 11 is 0. The summed E-state index contributed by atoms with van der Waals surface area (Å²) in [6.07, 6.45) is 11.3. The summed E-state index contributed by atoms with van der Waals surface area (Å²) in [6.45, 7) is 12.5. The Bertz CT molecular complexity index is 3230. The van der Waals surface area contributed by atoms with Crippen molar-refractivity contribution in [2.75, 3.05) is 43.5 Å². The molecule has 2 N–H and O–H groups in total. The van der Waals surface area contributed by atoms with E-state index in [-0.39, 0.29) is 16.8 Å².